The average Bonchev–Trinajstić information content (AvgIpc) is 2.75. The van der Waals surface area contributed by atoms with Crippen molar-refractivity contribution in [3.05, 3.63) is 54.1 Å². The first-order valence-corrected chi connectivity index (χ1v) is 10.6. The Hall–Kier alpha value is -2.69. The maximum Gasteiger partial charge on any atom is 0.221 e. The lowest BCUT2D eigenvalue weighted by Crippen LogP contribution is -2.32. The van der Waals surface area contributed by atoms with Crippen LogP contribution in [0.4, 0.5) is 11.4 Å². The topological polar surface area (TPSA) is 53.6 Å². The zero-order valence-electron chi connectivity index (χ0n) is 17.6. The van der Waals surface area contributed by atoms with E-state index in [2.05, 4.69) is 46.7 Å². The van der Waals surface area contributed by atoms with Gasteiger partial charge < -0.3 is 20.3 Å². The Morgan fingerprint density at radius 1 is 1.03 bits per heavy atom. The molecule has 0 aromatic heterocycles. The number of hydrogen-bond acceptors (Lipinski definition) is 4. The van der Waals surface area contributed by atoms with Crippen LogP contribution in [0, 0.1) is 5.92 Å². The highest BCUT2D eigenvalue weighted by molar-refractivity contribution is 5.76. The van der Waals surface area contributed by atoms with Crippen LogP contribution < -0.4 is 20.3 Å². The van der Waals surface area contributed by atoms with Crippen molar-refractivity contribution in [3.8, 4) is 5.75 Å². The highest BCUT2D eigenvalue weighted by Crippen LogP contribution is 2.24. The molecule has 1 saturated heterocycles. The second-order valence-electron chi connectivity index (χ2n) is 7.84. The van der Waals surface area contributed by atoms with Crippen molar-refractivity contribution in [3.63, 3.8) is 0 Å². The number of nitrogens with one attached hydrogen (secondary N) is 2. The molecule has 1 fully saturated rings. The minimum absolute atomic E-state index is 0.0741. The van der Waals surface area contributed by atoms with E-state index in [1.807, 2.05) is 24.3 Å². The molecule has 5 heteroatoms. The average molecular weight is 396 g/mol. The quantitative estimate of drug-likeness (QED) is 0.671. The highest BCUT2D eigenvalue weighted by atomic mass is 16.5. The van der Waals surface area contributed by atoms with Gasteiger partial charge >= 0.3 is 0 Å². The van der Waals surface area contributed by atoms with Crippen molar-refractivity contribution < 1.29 is 9.53 Å². The van der Waals surface area contributed by atoms with E-state index in [0.29, 0.717) is 19.5 Å². The molecule has 0 saturated carbocycles. The van der Waals surface area contributed by atoms with Crippen molar-refractivity contribution >= 4 is 17.3 Å². The highest BCUT2D eigenvalue weighted by Gasteiger charge is 2.15. The number of nitrogens with zero attached hydrogens (tertiary/aromatic N) is 1. The number of carbonyl (C=O) groups is 1. The van der Waals surface area contributed by atoms with Crippen LogP contribution >= 0.6 is 0 Å². The van der Waals surface area contributed by atoms with Gasteiger partial charge in [-0.25, -0.2) is 0 Å². The van der Waals surface area contributed by atoms with Gasteiger partial charge in [0, 0.05) is 44.0 Å². The third kappa shape index (κ3) is 6.70. The van der Waals surface area contributed by atoms with E-state index in [9.17, 15) is 4.79 Å². The van der Waals surface area contributed by atoms with E-state index in [4.69, 9.17) is 4.74 Å². The van der Waals surface area contributed by atoms with Crippen LogP contribution in [0.2, 0.25) is 0 Å². The number of anilines is 2. The fraction of sp³-hybridized carbons (Fsp3) is 0.458. The summed E-state index contributed by atoms with van der Waals surface area (Å²) in [5.41, 5.74) is 3.54. The summed E-state index contributed by atoms with van der Waals surface area (Å²) in [4.78, 5) is 14.5. The summed E-state index contributed by atoms with van der Waals surface area (Å²) in [7, 11) is 1.66. The molecule has 2 N–H and O–H groups in total. The number of benzene rings is 2. The number of ether oxygens (including phenoxy) is 1. The first-order chi connectivity index (χ1) is 14.1. The van der Waals surface area contributed by atoms with E-state index in [1.54, 1.807) is 7.11 Å². The van der Waals surface area contributed by atoms with E-state index in [-0.39, 0.29) is 5.91 Å². The molecule has 0 unspecified atom stereocenters. The number of amides is 1. The van der Waals surface area contributed by atoms with Crippen LogP contribution in [-0.4, -0.2) is 39.2 Å². The van der Waals surface area contributed by atoms with Crippen molar-refractivity contribution in [1.82, 2.24) is 5.32 Å². The molecule has 0 radical (unpaired) electrons. The van der Waals surface area contributed by atoms with E-state index < -0.39 is 0 Å². The summed E-state index contributed by atoms with van der Waals surface area (Å²) in [5, 5.41) is 6.33. The Morgan fingerprint density at radius 3 is 2.38 bits per heavy atom. The molecule has 3 rings (SSSR count). The summed E-state index contributed by atoms with van der Waals surface area (Å²) in [5.74, 6) is 1.77. The third-order valence-corrected chi connectivity index (χ3v) is 5.59. The zero-order chi connectivity index (χ0) is 20.5. The predicted octanol–water partition coefficient (Wildman–Crippen LogP) is 4.09. The second-order valence-corrected chi connectivity index (χ2v) is 7.84. The Kier molecular flexibility index (Phi) is 7.79. The molecule has 0 spiro atoms. The van der Waals surface area contributed by atoms with Crippen molar-refractivity contribution in [2.45, 2.75) is 32.6 Å². The molecule has 5 nitrogen and oxygen atoms in total. The first kappa shape index (κ1) is 21.0. The largest absolute Gasteiger partial charge is 0.497 e. The minimum Gasteiger partial charge on any atom is -0.497 e. The number of methoxy groups -OCH3 is 1. The van der Waals surface area contributed by atoms with Crippen LogP contribution in [0.5, 0.6) is 5.75 Å². The molecule has 1 aliphatic heterocycles. The standard InChI is InChI=1S/C24H33N3O2/c1-19-13-17-27(18-14-19)22-7-5-21(6-8-22)25-16-12-24(28)26-15-11-20-3-9-23(29-2)10-4-20/h3-10,19,25H,11-18H2,1-2H3,(H,26,28). The molecule has 0 bridgehead atoms. The Bertz CT molecular complexity index is 751. The van der Waals surface area contributed by atoms with Crippen molar-refractivity contribution in [2.75, 3.05) is 43.5 Å². The van der Waals surface area contributed by atoms with Crippen LogP contribution in [-0.2, 0) is 11.2 Å². The second kappa shape index (κ2) is 10.7. The van der Waals surface area contributed by atoms with Gasteiger partial charge in [0.25, 0.3) is 0 Å². The monoisotopic (exact) mass is 395 g/mol. The van der Waals surface area contributed by atoms with Crippen LogP contribution in [0.25, 0.3) is 0 Å². The van der Waals surface area contributed by atoms with Crippen molar-refractivity contribution in [2.24, 2.45) is 5.92 Å². The summed E-state index contributed by atoms with van der Waals surface area (Å²) in [6.45, 7) is 5.90. The minimum atomic E-state index is 0.0741. The number of hydrogen-bond donors (Lipinski definition) is 2. The smallest absolute Gasteiger partial charge is 0.221 e. The number of carbonyl (C=O) groups excluding carboxylic acids is 1. The Labute approximate surface area is 174 Å². The molecule has 1 heterocycles. The lowest BCUT2D eigenvalue weighted by atomic mass is 9.99. The Balaban J connectivity index is 1.32. The first-order valence-electron chi connectivity index (χ1n) is 10.6. The van der Waals surface area contributed by atoms with Gasteiger partial charge in [0.15, 0.2) is 0 Å². The SMILES string of the molecule is COc1ccc(CCNC(=O)CCNc2ccc(N3CCC(C)CC3)cc2)cc1. The summed E-state index contributed by atoms with van der Waals surface area (Å²) in [6.07, 6.45) is 3.83. The van der Waals surface area contributed by atoms with Gasteiger partial charge in [-0.2, -0.15) is 0 Å². The van der Waals surface area contributed by atoms with Gasteiger partial charge in [-0.15, -0.1) is 0 Å². The predicted molar refractivity (Wildman–Crippen MR) is 120 cm³/mol. The van der Waals surface area contributed by atoms with Gasteiger partial charge in [-0.05, 0) is 67.1 Å². The van der Waals surface area contributed by atoms with Crippen LogP contribution in [0.15, 0.2) is 48.5 Å². The molecule has 0 aliphatic carbocycles. The summed E-state index contributed by atoms with van der Waals surface area (Å²) >= 11 is 0. The van der Waals surface area contributed by atoms with Gasteiger partial charge in [-0.1, -0.05) is 19.1 Å². The lowest BCUT2D eigenvalue weighted by Gasteiger charge is -2.32. The molecule has 2 aromatic carbocycles. The normalized spacial score (nSPS) is 14.5. The van der Waals surface area contributed by atoms with E-state index >= 15 is 0 Å². The number of rotatable bonds is 9. The molecule has 29 heavy (non-hydrogen) atoms. The van der Waals surface area contributed by atoms with Gasteiger partial charge in [-0.3, -0.25) is 4.79 Å². The van der Waals surface area contributed by atoms with Crippen LogP contribution in [0.3, 0.4) is 0 Å². The molecule has 0 atom stereocenters. The summed E-state index contributed by atoms with van der Waals surface area (Å²) in [6, 6.07) is 16.5. The van der Waals surface area contributed by atoms with E-state index in [1.165, 1.54) is 24.1 Å². The molecule has 2 aromatic rings. The molecule has 1 amide bonds. The molecular formula is C24H33N3O2. The maximum absolute atomic E-state index is 12.0. The maximum atomic E-state index is 12.0. The van der Waals surface area contributed by atoms with E-state index in [0.717, 1.165) is 36.9 Å². The molecular weight excluding hydrogens is 362 g/mol. The van der Waals surface area contributed by atoms with Gasteiger partial charge in [0.1, 0.15) is 5.75 Å². The summed E-state index contributed by atoms with van der Waals surface area (Å²) < 4.78 is 5.15. The molecule has 1 aliphatic rings. The van der Waals surface area contributed by atoms with Gasteiger partial charge in [0.2, 0.25) is 5.91 Å². The fourth-order valence-electron chi connectivity index (χ4n) is 3.60. The van der Waals surface area contributed by atoms with Crippen molar-refractivity contribution in [1.29, 1.82) is 0 Å². The third-order valence-electron chi connectivity index (χ3n) is 5.59. The van der Waals surface area contributed by atoms with Crippen LogP contribution in [0.1, 0.15) is 31.7 Å². The zero-order valence-corrected chi connectivity index (χ0v) is 17.6. The number of piperidine rings is 1. The molecule has 156 valence electrons. The fourth-order valence-corrected chi connectivity index (χ4v) is 3.60. The van der Waals surface area contributed by atoms with Gasteiger partial charge in [0.05, 0.1) is 7.11 Å². The Morgan fingerprint density at radius 2 is 1.72 bits per heavy atom. The lowest BCUT2D eigenvalue weighted by molar-refractivity contribution is -0.120.